The van der Waals surface area contributed by atoms with E-state index >= 15 is 0 Å². The molecule has 0 bridgehead atoms. The second-order valence-corrected chi connectivity index (χ2v) is 5.80. The molecule has 3 unspecified atom stereocenters. The summed E-state index contributed by atoms with van der Waals surface area (Å²) in [6.07, 6.45) is 1.77. The van der Waals surface area contributed by atoms with E-state index in [2.05, 4.69) is 11.8 Å². The largest absolute Gasteiger partial charge is 0.375 e. The third-order valence-electron chi connectivity index (χ3n) is 3.95. The van der Waals surface area contributed by atoms with Gasteiger partial charge in [0.05, 0.1) is 18.4 Å². The van der Waals surface area contributed by atoms with E-state index in [9.17, 15) is 4.39 Å². The lowest BCUT2D eigenvalue weighted by molar-refractivity contribution is 0.0341. The van der Waals surface area contributed by atoms with Gasteiger partial charge in [-0.25, -0.2) is 4.39 Å². The fraction of sp³-hybridized carbons (Fsp3) is 0.625. The van der Waals surface area contributed by atoms with Crippen LogP contribution in [0, 0.1) is 5.82 Å². The summed E-state index contributed by atoms with van der Waals surface area (Å²) in [5.74, 6) is -0.160. The summed E-state index contributed by atoms with van der Waals surface area (Å²) >= 11 is 0. The number of nitrogens with zero attached hydrogens (tertiary/aromatic N) is 1. The van der Waals surface area contributed by atoms with Crippen molar-refractivity contribution in [2.24, 2.45) is 5.73 Å². The van der Waals surface area contributed by atoms with E-state index in [4.69, 9.17) is 10.5 Å². The van der Waals surface area contributed by atoms with Gasteiger partial charge in [-0.2, -0.15) is 0 Å². The van der Waals surface area contributed by atoms with Crippen LogP contribution in [-0.2, 0) is 11.2 Å². The topological polar surface area (TPSA) is 38.5 Å². The SMILES string of the molecule is CCC(N)Cc1ccc(N2CC(C)OCC2C)c(F)c1. The molecule has 0 aliphatic carbocycles. The van der Waals surface area contributed by atoms with Crippen molar-refractivity contribution in [1.29, 1.82) is 0 Å². The number of rotatable bonds is 4. The van der Waals surface area contributed by atoms with Crippen LogP contribution in [0.1, 0.15) is 32.8 Å². The smallest absolute Gasteiger partial charge is 0.146 e. The molecule has 1 saturated heterocycles. The molecule has 1 aliphatic heterocycles. The molecule has 20 heavy (non-hydrogen) atoms. The van der Waals surface area contributed by atoms with Crippen molar-refractivity contribution in [3.63, 3.8) is 0 Å². The van der Waals surface area contributed by atoms with E-state index in [1.165, 1.54) is 0 Å². The maximum atomic E-state index is 14.4. The van der Waals surface area contributed by atoms with E-state index < -0.39 is 0 Å². The Bertz CT molecular complexity index is 452. The van der Waals surface area contributed by atoms with Crippen LogP contribution in [0.5, 0.6) is 0 Å². The zero-order valence-electron chi connectivity index (χ0n) is 12.6. The highest BCUT2D eigenvalue weighted by Crippen LogP contribution is 2.26. The molecule has 0 amide bonds. The van der Waals surface area contributed by atoms with Crippen molar-refractivity contribution in [2.45, 2.75) is 51.8 Å². The van der Waals surface area contributed by atoms with Crippen LogP contribution in [0.3, 0.4) is 0 Å². The van der Waals surface area contributed by atoms with Gasteiger partial charge in [0.1, 0.15) is 5.82 Å². The van der Waals surface area contributed by atoms with Crippen molar-refractivity contribution < 1.29 is 9.13 Å². The first-order chi connectivity index (χ1) is 9.51. The Hall–Kier alpha value is -1.13. The van der Waals surface area contributed by atoms with Gasteiger partial charge in [-0.1, -0.05) is 13.0 Å². The molecule has 1 aromatic rings. The van der Waals surface area contributed by atoms with Gasteiger partial charge in [-0.15, -0.1) is 0 Å². The molecule has 0 spiro atoms. The van der Waals surface area contributed by atoms with Gasteiger partial charge >= 0.3 is 0 Å². The lowest BCUT2D eigenvalue weighted by atomic mass is 10.0. The number of morpholine rings is 1. The molecule has 2 rings (SSSR count). The molecular formula is C16H25FN2O. The fourth-order valence-corrected chi connectivity index (χ4v) is 2.60. The zero-order valence-corrected chi connectivity index (χ0v) is 12.6. The fourth-order valence-electron chi connectivity index (χ4n) is 2.60. The minimum absolute atomic E-state index is 0.0996. The third kappa shape index (κ3) is 3.49. The average Bonchev–Trinajstić information content (AvgIpc) is 2.42. The van der Waals surface area contributed by atoms with E-state index in [-0.39, 0.29) is 24.0 Å². The molecule has 1 heterocycles. The number of ether oxygens (including phenoxy) is 1. The van der Waals surface area contributed by atoms with Crippen molar-refractivity contribution in [1.82, 2.24) is 0 Å². The Kier molecular flexibility index (Phi) is 5.00. The monoisotopic (exact) mass is 280 g/mol. The van der Waals surface area contributed by atoms with Crippen LogP contribution < -0.4 is 10.6 Å². The van der Waals surface area contributed by atoms with Gasteiger partial charge in [0.2, 0.25) is 0 Å². The van der Waals surface area contributed by atoms with Gasteiger partial charge in [-0.05, 0) is 44.4 Å². The minimum Gasteiger partial charge on any atom is -0.375 e. The van der Waals surface area contributed by atoms with E-state index in [0.29, 0.717) is 12.3 Å². The number of anilines is 1. The first-order valence-electron chi connectivity index (χ1n) is 7.43. The maximum Gasteiger partial charge on any atom is 0.146 e. The van der Waals surface area contributed by atoms with E-state index in [1.807, 2.05) is 26.0 Å². The summed E-state index contributed by atoms with van der Waals surface area (Å²) in [5.41, 5.74) is 7.56. The highest BCUT2D eigenvalue weighted by atomic mass is 19.1. The second kappa shape index (κ2) is 6.55. The van der Waals surface area contributed by atoms with E-state index in [1.54, 1.807) is 6.07 Å². The standard InChI is InChI=1S/C16H25FN2O/c1-4-14(18)7-13-5-6-16(15(17)8-13)19-9-12(3)20-10-11(19)2/h5-6,8,11-12,14H,4,7,9-10,18H2,1-3H3. The average molecular weight is 280 g/mol. The predicted octanol–water partition coefficient (Wildman–Crippen LogP) is 2.72. The molecule has 1 aromatic carbocycles. The maximum absolute atomic E-state index is 14.4. The number of nitrogens with two attached hydrogens (primary N) is 1. The van der Waals surface area contributed by atoms with Crippen LogP contribution in [0.25, 0.3) is 0 Å². The zero-order chi connectivity index (χ0) is 14.7. The Morgan fingerprint density at radius 3 is 2.85 bits per heavy atom. The third-order valence-corrected chi connectivity index (χ3v) is 3.95. The number of hydrogen-bond donors (Lipinski definition) is 1. The van der Waals surface area contributed by atoms with E-state index in [0.717, 1.165) is 24.9 Å². The molecule has 0 saturated carbocycles. The lowest BCUT2D eigenvalue weighted by Crippen LogP contribution is -2.47. The molecule has 112 valence electrons. The summed E-state index contributed by atoms with van der Waals surface area (Å²) in [6, 6.07) is 5.78. The van der Waals surface area contributed by atoms with Gasteiger partial charge in [-0.3, -0.25) is 0 Å². The summed E-state index contributed by atoms with van der Waals surface area (Å²) in [4.78, 5) is 2.09. The molecule has 3 nitrogen and oxygen atoms in total. The minimum atomic E-state index is -0.160. The molecule has 3 atom stereocenters. The molecular weight excluding hydrogens is 255 g/mol. The normalized spacial score (nSPS) is 24.8. The Labute approximate surface area is 120 Å². The number of hydrogen-bond acceptors (Lipinski definition) is 3. The van der Waals surface area contributed by atoms with Gasteiger partial charge in [0.25, 0.3) is 0 Å². The summed E-state index contributed by atoms with van der Waals surface area (Å²) in [6.45, 7) is 7.50. The molecule has 1 aliphatic rings. The first kappa shape index (κ1) is 15.3. The van der Waals surface area contributed by atoms with Gasteiger partial charge in [0.15, 0.2) is 0 Å². The first-order valence-corrected chi connectivity index (χ1v) is 7.43. The van der Waals surface area contributed by atoms with Crippen LogP contribution in [-0.4, -0.2) is 31.3 Å². The van der Waals surface area contributed by atoms with Crippen molar-refractivity contribution in [3.05, 3.63) is 29.6 Å². The van der Waals surface area contributed by atoms with Crippen molar-refractivity contribution in [3.8, 4) is 0 Å². The number of benzene rings is 1. The van der Waals surface area contributed by atoms with Crippen molar-refractivity contribution >= 4 is 5.69 Å². The van der Waals surface area contributed by atoms with Gasteiger partial charge in [0, 0.05) is 18.6 Å². The molecule has 2 N–H and O–H groups in total. The van der Waals surface area contributed by atoms with Crippen LogP contribution in [0.2, 0.25) is 0 Å². The number of halogens is 1. The lowest BCUT2D eigenvalue weighted by Gasteiger charge is -2.38. The summed E-state index contributed by atoms with van der Waals surface area (Å²) in [7, 11) is 0. The Morgan fingerprint density at radius 2 is 2.20 bits per heavy atom. The van der Waals surface area contributed by atoms with Gasteiger partial charge < -0.3 is 15.4 Å². The second-order valence-electron chi connectivity index (χ2n) is 5.80. The van der Waals surface area contributed by atoms with Crippen molar-refractivity contribution in [2.75, 3.05) is 18.1 Å². The Morgan fingerprint density at radius 1 is 1.45 bits per heavy atom. The Balaban J connectivity index is 2.16. The van der Waals surface area contributed by atoms with Crippen LogP contribution in [0.15, 0.2) is 18.2 Å². The molecule has 1 fully saturated rings. The highest BCUT2D eigenvalue weighted by molar-refractivity contribution is 5.50. The molecule has 0 aromatic heterocycles. The van der Waals surface area contributed by atoms with Crippen LogP contribution in [0.4, 0.5) is 10.1 Å². The summed E-state index contributed by atoms with van der Waals surface area (Å²) < 4.78 is 20.0. The predicted molar refractivity (Wildman–Crippen MR) is 80.6 cm³/mol. The molecule has 4 heteroatoms. The highest BCUT2D eigenvalue weighted by Gasteiger charge is 2.25. The van der Waals surface area contributed by atoms with Crippen LogP contribution >= 0.6 is 0 Å². The summed E-state index contributed by atoms with van der Waals surface area (Å²) in [5, 5.41) is 0. The quantitative estimate of drug-likeness (QED) is 0.921. The molecule has 0 radical (unpaired) electrons.